The Kier molecular flexibility index (Phi) is 5.25. The van der Waals surface area contributed by atoms with Crippen LogP contribution in [0, 0.1) is 5.92 Å². The lowest BCUT2D eigenvalue weighted by atomic mass is 10.2. The van der Waals surface area contributed by atoms with Gasteiger partial charge in [-0.15, -0.1) is 0 Å². The van der Waals surface area contributed by atoms with E-state index in [9.17, 15) is 26.4 Å². The van der Waals surface area contributed by atoms with E-state index in [1.54, 1.807) is 24.3 Å². The number of sulfonamides is 1. The number of halogens is 3. The van der Waals surface area contributed by atoms with Crippen molar-refractivity contribution in [2.24, 2.45) is 5.92 Å². The molecule has 0 bridgehead atoms. The molecule has 0 aliphatic heterocycles. The van der Waals surface area contributed by atoms with E-state index in [0.717, 1.165) is 31.0 Å². The lowest BCUT2D eigenvalue weighted by Gasteiger charge is -2.11. The van der Waals surface area contributed by atoms with Crippen LogP contribution in [0.3, 0.4) is 0 Å². The fraction of sp³-hybridized carbons (Fsp3) is 0.278. The van der Waals surface area contributed by atoms with Crippen LogP contribution in [0.1, 0.15) is 24.0 Å². The highest BCUT2D eigenvalue weighted by molar-refractivity contribution is 7.89. The van der Waals surface area contributed by atoms with E-state index in [4.69, 9.17) is 0 Å². The largest absolute Gasteiger partial charge is 0.416 e. The van der Waals surface area contributed by atoms with Gasteiger partial charge in [-0.25, -0.2) is 13.1 Å². The molecule has 1 amide bonds. The summed E-state index contributed by atoms with van der Waals surface area (Å²) in [7, 11) is -4.12. The van der Waals surface area contributed by atoms with E-state index in [1.165, 1.54) is 0 Å². The van der Waals surface area contributed by atoms with Crippen molar-refractivity contribution in [3.8, 4) is 0 Å². The van der Waals surface area contributed by atoms with Crippen LogP contribution < -0.4 is 10.0 Å². The van der Waals surface area contributed by atoms with E-state index in [0.29, 0.717) is 17.3 Å². The highest BCUT2D eigenvalue weighted by atomic mass is 32.2. The molecule has 0 radical (unpaired) electrons. The van der Waals surface area contributed by atoms with Crippen molar-refractivity contribution in [3.63, 3.8) is 0 Å². The van der Waals surface area contributed by atoms with Crippen molar-refractivity contribution in [2.45, 2.75) is 30.5 Å². The second kappa shape index (κ2) is 7.32. The Morgan fingerprint density at radius 3 is 2.44 bits per heavy atom. The van der Waals surface area contributed by atoms with Crippen molar-refractivity contribution in [1.29, 1.82) is 0 Å². The Balaban J connectivity index is 1.69. The molecular formula is C18H17F3N2O3S. The van der Waals surface area contributed by atoms with Crippen molar-refractivity contribution in [1.82, 2.24) is 4.72 Å². The molecular weight excluding hydrogens is 381 g/mol. The molecule has 0 atom stereocenters. The molecule has 5 nitrogen and oxygen atoms in total. The van der Waals surface area contributed by atoms with Gasteiger partial charge in [0.2, 0.25) is 15.9 Å². The Morgan fingerprint density at radius 2 is 1.78 bits per heavy atom. The number of anilines is 1. The summed E-state index contributed by atoms with van der Waals surface area (Å²) in [4.78, 5) is 11.3. The Labute approximate surface area is 154 Å². The molecule has 1 saturated carbocycles. The fourth-order valence-corrected chi connectivity index (χ4v) is 3.51. The smallest absolute Gasteiger partial charge is 0.326 e. The first-order chi connectivity index (χ1) is 12.6. The van der Waals surface area contributed by atoms with Crippen molar-refractivity contribution >= 4 is 21.6 Å². The summed E-state index contributed by atoms with van der Waals surface area (Å²) in [6.45, 7) is -0.119. The highest BCUT2D eigenvalue weighted by Crippen LogP contribution is 2.31. The zero-order valence-electron chi connectivity index (χ0n) is 14.1. The number of alkyl halides is 3. The van der Waals surface area contributed by atoms with Crippen LogP contribution in [0.15, 0.2) is 53.4 Å². The van der Waals surface area contributed by atoms with Crippen LogP contribution >= 0.6 is 0 Å². The highest BCUT2D eigenvalue weighted by Gasteiger charge is 2.32. The van der Waals surface area contributed by atoms with E-state index in [-0.39, 0.29) is 18.4 Å². The summed E-state index contributed by atoms with van der Waals surface area (Å²) in [5.41, 5.74) is 0.0805. The van der Waals surface area contributed by atoms with Gasteiger partial charge in [-0.05, 0) is 48.7 Å². The quantitative estimate of drug-likeness (QED) is 0.782. The summed E-state index contributed by atoms with van der Waals surface area (Å²) in [6.07, 6.45) is -2.90. The van der Waals surface area contributed by atoms with Gasteiger partial charge in [0, 0.05) is 18.2 Å². The average molecular weight is 398 g/mol. The number of carbonyl (C=O) groups is 1. The zero-order valence-corrected chi connectivity index (χ0v) is 14.9. The Bertz CT molecular complexity index is 954. The van der Waals surface area contributed by atoms with E-state index < -0.39 is 26.7 Å². The minimum Gasteiger partial charge on any atom is -0.326 e. The van der Waals surface area contributed by atoms with Crippen molar-refractivity contribution in [3.05, 3.63) is 59.7 Å². The third kappa shape index (κ3) is 5.08. The molecule has 27 heavy (non-hydrogen) atoms. The number of hydrogen-bond acceptors (Lipinski definition) is 3. The molecule has 3 rings (SSSR count). The predicted molar refractivity (Wildman–Crippen MR) is 93.3 cm³/mol. The maximum atomic E-state index is 12.8. The number of nitrogens with one attached hydrogen (secondary N) is 2. The molecule has 1 aliphatic rings. The lowest BCUT2D eigenvalue weighted by molar-refractivity contribution is -0.137. The fourth-order valence-electron chi connectivity index (χ4n) is 2.45. The molecule has 0 spiro atoms. The van der Waals surface area contributed by atoms with Crippen LogP contribution in [0.2, 0.25) is 0 Å². The minimum atomic E-state index is -4.63. The number of carbonyl (C=O) groups excluding carboxylic acids is 1. The van der Waals surface area contributed by atoms with Crippen molar-refractivity contribution < 1.29 is 26.4 Å². The van der Waals surface area contributed by atoms with Crippen LogP contribution in [-0.4, -0.2) is 14.3 Å². The molecule has 2 N–H and O–H groups in total. The van der Waals surface area contributed by atoms with E-state index in [1.807, 2.05) is 0 Å². The summed E-state index contributed by atoms with van der Waals surface area (Å²) in [5, 5.41) is 2.76. The second-order valence-corrected chi connectivity index (χ2v) is 8.08. The molecule has 0 aromatic heterocycles. The molecule has 9 heteroatoms. The summed E-state index contributed by atoms with van der Waals surface area (Å²) in [6, 6.07) is 10.2. The second-order valence-electron chi connectivity index (χ2n) is 6.31. The van der Waals surface area contributed by atoms with Crippen LogP contribution in [-0.2, 0) is 27.5 Å². The van der Waals surface area contributed by atoms with Gasteiger partial charge in [-0.3, -0.25) is 4.79 Å². The van der Waals surface area contributed by atoms with Gasteiger partial charge in [0.1, 0.15) is 0 Å². The number of benzene rings is 2. The standard InChI is InChI=1S/C18H17F3N2O3S/c19-18(20,21)14-4-2-6-16(10-14)27(25,26)22-11-12-3-1-5-15(9-12)23-17(24)13-7-8-13/h1-6,9-10,13,22H,7-8,11H2,(H,23,24). The topological polar surface area (TPSA) is 75.3 Å². The summed E-state index contributed by atoms with van der Waals surface area (Å²) >= 11 is 0. The molecule has 0 saturated heterocycles. The predicted octanol–water partition coefficient (Wildman–Crippen LogP) is 3.53. The molecule has 0 heterocycles. The molecule has 1 aliphatic carbocycles. The maximum Gasteiger partial charge on any atom is 0.416 e. The third-order valence-electron chi connectivity index (χ3n) is 4.08. The Morgan fingerprint density at radius 1 is 1.07 bits per heavy atom. The van der Waals surface area contributed by atoms with Gasteiger partial charge >= 0.3 is 6.18 Å². The zero-order chi connectivity index (χ0) is 19.7. The minimum absolute atomic E-state index is 0.0352. The first kappa shape index (κ1) is 19.4. The molecule has 2 aromatic carbocycles. The van der Waals surface area contributed by atoms with Gasteiger partial charge < -0.3 is 5.32 Å². The van der Waals surface area contributed by atoms with Gasteiger partial charge in [0.05, 0.1) is 10.5 Å². The van der Waals surface area contributed by atoms with Crippen molar-refractivity contribution in [2.75, 3.05) is 5.32 Å². The first-order valence-electron chi connectivity index (χ1n) is 8.22. The number of hydrogen-bond donors (Lipinski definition) is 2. The summed E-state index contributed by atoms with van der Waals surface area (Å²) < 4.78 is 65.2. The van der Waals surface area contributed by atoms with Gasteiger partial charge in [0.25, 0.3) is 0 Å². The normalized spacial score (nSPS) is 14.8. The van der Waals surface area contributed by atoms with E-state index >= 15 is 0 Å². The van der Waals surface area contributed by atoms with Crippen LogP contribution in [0.25, 0.3) is 0 Å². The van der Waals surface area contributed by atoms with Crippen LogP contribution in [0.5, 0.6) is 0 Å². The maximum absolute atomic E-state index is 12.8. The third-order valence-corrected chi connectivity index (χ3v) is 5.48. The van der Waals surface area contributed by atoms with Gasteiger partial charge in [0.15, 0.2) is 0 Å². The number of amides is 1. The monoisotopic (exact) mass is 398 g/mol. The van der Waals surface area contributed by atoms with E-state index in [2.05, 4.69) is 10.0 Å². The summed E-state index contributed by atoms with van der Waals surface area (Å²) in [5.74, 6) is -0.0373. The van der Waals surface area contributed by atoms with Gasteiger partial charge in [-0.2, -0.15) is 13.2 Å². The lowest BCUT2D eigenvalue weighted by Crippen LogP contribution is -2.24. The molecule has 0 unspecified atom stereocenters. The van der Waals surface area contributed by atoms with Crippen LogP contribution in [0.4, 0.5) is 18.9 Å². The van der Waals surface area contributed by atoms with Gasteiger partial charge in [-0.1, -0.05) is 18.2 Å². The first-order valence-corrected chi connectivity index (χ1v) is 9.70. The Hall–Kier alpha value is -2.39. The average Bonchev–Trinajstić information content (AvgIpc) is 3.45. The molecule has 2 aromatic rings. The SMILES string of the molecule is O=C(Nc1cccc(CNS(=O)(=O)c2cccc(C(F)(F)F)c2)c1)C1CC1. The molecule has 144 valence electrons. The number of rotatable bonds is 6. The molecule has 1 fully saturated rings.